The van der Waals surface area contributed by atoms with Crippen molar-refractivity contribution in [3.8, 4) is 11.3 Å². The Kier molecular flexibility index (Phi) is 4.23. The van der Waals surface area contributed by atoms with Crippen LogP contribution in [0.15, 0.2) is 79.0 Å². The van der Waals surface area contributed by atoms with Crippen LogP contribution in [0.4, 0.5) is 0 Å². The Bertz CT molecular complexity index is 1030. The van der Waals surface area contributed by atoms with Crippen LogP contribution in [0.3, 0.4) is 0 Å². The summed E-state index contributed by atoms with van der Waals surface area (Å²) in [5, 5.41) is 1.29. The molecule has 1 aliphatic heterocycles. The van der Waals surface area contributed by atoms with E-state index in [4.69, 9.17) is 4.98 Å². The molecule has 0 amide bonds. The molecular weight excluding hydrogens is 330 g/mol. The molecule has 0 spiro atoms. The van der Waals surface area contributed by atoms with E-state index in [1.807, 2.05) is 12.3 Å². The monoisotopic (exact) mass is 353 g/mol. The zero-order valence-corrected chi connectivity index (χ0v) is 15.3. The fraction of sp³-hybridized carbons (Fsp3) is 0.208. The summed E-state index contributed by atoms with van der Waals surface area (Å²) >= 11 is 0. The second kappa shape index (κ2) is 7.01. The van der Waals surface area contributed by atoms with Gasteiger partial charge in [-0.05, 0) is 49.7 Å². The molecule has 3 heterocycles. The topological polar surface area (TPSA) is 31.9 Å². The van der Waals surface area contributed by atoms with Crippen LogP contribution in [0.2, 0.25) is 0 Å². The predicted molar refractivity (Wildman–Crippen MR) is 111 cm³/mol. The van der Waals surface area contributed by atoms with Crippen molar-refractivity contribution in [2.24, 2.45) is 0 Å². The molecule has 1 atom stereocenters. The average Bonchev–Trinajstić information content (AvgIpc) is 3.39. The van der Waals surface area contributed by atoms with Gasteiger partial charge in [0, 0.05) is 22.7 Å². The number of H-pyrrole nitrogens is 1. The molecule has 0 saturated carbocycles. The highest BCUT2D eigenvalue weighted by molar-refractivity contribution is 5.91. The number of hydrogen-bond acceptors (Lipinski definition) is 2. The van der Waals surface area contributed by atoms with E-state index in [0.29, 0.717) is 0 Å². The van der Waals surface area contributed by atoms with Gasteiger partial charge in [0.05, 0.1) is 17.4 Å². The first-order chi connectivity index (χ1) is 13.4. The van der Waals surface area contributed by atoms with Crippen LogP contribution in [0.1, 0.15) is 30.1 Å². The number of aromatic amines is 1. The van der Waals surface area contributed by atoms with E-state index in [-0.39, 0.29) is 6.04 Å². The van der Waals surface area contributed by atoms with Crippen LogP contribution < -0.4 is 0 Å². The summed E-state index contributed by atoms with van der Waals surface area (Å²) in [6, 6.07) is 25.7. The fourth-order valence-corrected chi connectivity index (χ4v) is 4.34. The van der Waals surface area contributed by atoms with E-state index >= 15 is 0 Å². The largest absolute Gasteiger partial charge is 0.354 e. The lowest BCUT2D eigenvalue weighted by Crippen LogP contribution is -2.27. The van der Waals surface area contributed by atoms with E-state index in [2.05, 4.69) is 76.6 Å². The number of hydrogen-bond donors (Lipinski definition) is 1. The van der Waals surface area contributed by atoms with Gasteiger partial charge in [0.2, 0.25) is 0 Å². The number of fused-ring (bicyclic) bond motifs is 1. The van der Waals surface area contributed by atoms with Crippen LogP contribution in [0, 0.1) is 0 Å². The first-order valence-corrected chi connectivity index (χ1v) is 9.73. The highest BCUT2D eigenvalue weighted by atomic mass is 15.2. The molecular formula is C24H23N3. The lowest BCUT2D eigenvalue weighted by Gasteiger charge is -2.28. The third kappa shape index (κ3) is 2.94. The Balaban J connectivity index is 1.78. The third-order valence-electron chi connectivity index (χ3n) is 5.56. The summed E-state index contributed by atoms with van der Waals surface area (Å²) < 4.78 is 0. The molecule has 2 aromatic heterocycles. The minimum absolute atomic E-state index is 0.167. The number of nitrogens with one attached hydrogen (secondary N) is 1. The normalized spacial score (nSPS) is 16.0. The van der Waals surface area contributed by atoms with E-state index < -0.39 is 0 Å². The number of pyridine rings is 1. The number of likely N-dealkylation sites (tertiary alicyclic amines) is 1. The first kappa shape index (κ1) is 16.3. The van der Waals surface area contributed by atoms with Crippen molar-refractivity contribution in [1.29, 1.82) is 0 Å². The third-order valence-corrected chi connectivity index (χ3v) is 5.56. The van der Waals surface area contributed by atoms with E-state index in [1.165, 1.54) is 40.6 Å². The van der Waals surface area contributed by atoms with E-state index in [1.54, 1.807) is 0 Å². The van der Waals surface area contributed by atoms with Crippen molar-refractivity contribution >= 4 is 10.9 Å². The van der Waals surface area contributed by atoms with E-state index in [9.17, 15) is 0 Å². The quantitative estimate of drug-likeness (QED) is 0.531. The second-order valence-corrected chi connectivity index (χ2v) is 7.23. The van der Waals surface area contributed by atoms with Gasteiger partial charge in [0.15, 0.2) is 0 Å². The van der Waals surface area contributed by atoms with Gasteiger partial charge in [-0.2, -0.15) is 0 Å². The Morgan fingerprint density at radius 1 is 0.815 bits per heavy atom. The molecule has 1 saturated heterocycles. The maximum atomic E-state index is 4.77. The molecule has 0 bridgehead atoms. The van der Waals surface area contributed by atoms with Crippen LogP contribution in [-0.2, 0) is 0 Å². The van der Waals surface area contributed by atoms with Gasteiger partial charge in [0.1, 0.15) is 0 Å². The highest BCUT2D eigenvalue weighted by Gasteiger charge is 2.30. The van der Waals surface area contributed by atoms with Gasteiger partial charge in [-0.15, -0.1) is 0 Å². The molecule has 3 nitrogen and oxygen atoms in total. The van der Waals surface area contributed by atoms with Crippen molar-refractivity contribution in [2.75, 3.05) is 13.1 Å². The fourth-order valence-electron chi connectivity index (χ4n) is 4.34. The molecule has 3 heteroatoms. The van der Waals surface area contributed by atoms with Crippen molar-refractivity contribution in [3.63, 3.8) is 0 Å². The van der Waals surface area contributed by atoms with Crippen LogP contribution in [0.25, 0.3) is 22.2 Å². The molecule has 0 aliphatic carbocycles. The summed E-state index contributed by atoms with van der Waals surface area (Å²) in [6.07, 6.45) is 4.42. The Morgan fingerprint density at radius 2 is 1.56 bits per heavy atom. The highest BCUT2D eigenvalue weighted by Crippen LogP contribution is 2.41. The molecule has 0 unspecified atom stereocenters. The van der Waals surface area contributed by atoms with Gasteiger partial charge in [-0.25, -0.2) is 0 Å². The van der Waals surface area contributed by atoms with Crippen molar-refractivity contribution in [1.82, 2.24) is 14.9 Å². The minimum Gasteiger partial charge on any atom is -0.354 e. The molecule has 4 aromatic rings. The zero-order valence-electron chi connectivity index (χ0n) is 15.3. The molecule has 1 N–H and O–H groups in total. The number of aromatic nitrogens is 2. The van der Waals surface area contributed by atoms with Crippen molar-refractivity contribution in [3.05, 3.63) is 90.3 Å². The van der Waals surface area contributed by atoms with Crippen LogP contribution in [0.5, 0.6) is 0 Å². The number of benzene rings is 2. The summed E-state index contributed by atoms with van der Waals surface area (Å²) in [4.78, 5) is 11.1. The predicted octanol–water partition coefficient (Wildman–Crippen LogP) is 5.42. The molecule has 27 heavy (non-hydrogen) atoms. The van der Waals surface area contributed by atoms with Crippen LogP contribution in [-0.4, -0.2) is 28.0 Å². The van der Waals surface area contributed by atoms with Gasteiger partial charge < -0.3 is 4.98 Å². The summed E-state index contributed by atoms with van der Waals surface area (Å²) in [5.74, 6) is 0. The summed E-state index contributed by atoms with van der Waals surface area (Å²) in [5.41, 5.74) is 6.09. The SMILES string of the molecule is c1ccc(-c2[nH]c3ccccc3c2[C@H](c2ccccn2)N2CCCC2)cc1. The maximum Gasteiger partial charge on any atom is 0.0803 e. The number of nitrogens with zero attached hydrogens (tertiary/aromatic N) is 2. The van der Waals surface area contributed by atoms with Crippen LogP contribution >= 0.6 is 0 Å². The lowest BCUT2D eigenvalue weighted by molar-refractivity contribution is 0.278. The molecule has 2 aromatic carbocycles. The Hall–Kier alpha value is -2.91. The maximum absolute atomic E-state index is 4.77. The molecule has 1 aliphatic rings. The van der Waals surface area contributed by atoms with E-state index in [0.717, 1.165) is 18.8 Å². The average molecular weight is 353 g/mol. The molecule has 5 rings (SSSR count). The van der Waals surface area contributed by atoms with Gasteiger partial charge >= 0.3 is 0 Å². The summed E-state index contributed by atoms with van der Waals surface area (Å²) in [6.45, 7) is 2.24. The van der Waals surface area contributed by atoms with Gasteiger partial charge in [-0.1, -0.05) is 54.6 Å². The smallest absolute Gasteiger partial charge is 0.0803 e. The number of para-hydroxylation sites is 1. The Labute approximate surface area is 159 Å². The van der Waals surface area contributed by atoms with Gasteiger partial charge in [-0.3, -0.25) is 9.88 Å². The van der Waals surface area contributed by atoms with Crippen molar-refractivity contribution < 1.29 is 0 Å². The summed E-state index contributed by atoms with van der Waals surface area (Å²) in [7, 11) is 0. The lowest BCUT2D eigenvalue weighted by atomic mass is 9.95. The standard InChI is InChI=1S/C24H23N3/c1-2-10-18(11-3-1)23-22(19-12-4-5-13-20(19)26-23)24(27-16-8-9-17-27)21-14-6-7-15-25-21/h1-7,10-15,24,26H,8-9,16-17H2/t24-/m0/s1. The first-order valence-electron chi connectivity index (χ1n) is 9.73. The minimum atomic E-state index is 0.167. The molecule has 1 fully saturated rings. The molecule has 0 radical (unpaired) electrons. The second-order valence-electron chi connectivity index (χ2n) is 7.23. The zero-order chi connectivity index (χ0) is 18.1. The van der Waals surface area contributed by atoms with Crippen molar-refractivity contribution in [2.45, 2.75) is 18.9 Å². The number of rotatable bonds is 4. The van der Waals surface area contributed by atoms with Gasteiger partial charge in [0.25, 0.3) is 0 Å². The molecule has 134 valence electrons. The Morgan fingerprint density at radius 3 is 2.33 bits per heavy atom.